The first-order valence-electron chi connectivity index (χ1n) is 11.3. The molecule has 2 heterocycles. The summed E-state index contributed by atoms with van der Waals surface area (Å²) in [5.41, 5.74) is 2.38. The molecule has 9 heteroatoms. The third-order valence-electron chi connectivity index (χ3n) is 5.64. The van der Waals surface area contributed by atoms with Crippen molar-refractivity contribution in [1.29, 1.82) is 0 Å². The van der Waals surface area contributed by atoms with Crippen molar-refractivity contribution < 1.29 is 14.3 Å². The molecule has 1 aliphatic carbocycles. The number of carbonyl (C=O) groups excluding carboxylic acids is 2. The Labute approximate surface area is 201 Å². The summed E-state index contributed by atoms with van der Waals surface area (Å²) in [4.78, 5) is 32.0. The second kappa shape index (κ2) is 10.5. The van der Waals surface area contributed by atoms with Crippen LogP contribution in [0.15, 0.2) is 35.5 Å². The van der Waals surface area contributed by atoms with E-state index in [1.54, 1.807) is 6.92 Å². The van der Waals surface area contributed by atoms with E-state index in [2.05, 4.69) is 27.4 Å². The third-order valence-corrected chi connectivity index (χ3v) is 7.92. The van der Waals surface area contributed by atoms with Crippen molar-refractivity contribution in [1.82, 2.24) is 15.2 Å². The molecule has 3 aromatic rings. The Morgan fingerprint density at radius 1 is 1.30 bits per heavy atom. The summed E-state index contributed by atoms with van der Waals surface area (Å²) >= 11 is 2.78. The van der Waals surface area contributed by atoms with Crippen molar-refractivity contribution in [3.63, 3.8) is 0 Å². The highest BCUT2D eigenvalue weighted by molar-refractivity contribution is 8.00. The molecular weight excluding hydrogens is 456 g/mol. The molecule has 2 N–H and O–H groups in total. The molecule has 0 aliphatic heterocycles. The number of thioether (sulfide) groups is 1. The lowest BCUT2D eigenvalue weighted by Gasteiger charge is -2.18. The number of rotatable bonds is 8. The van der Waals surface area contributed by atoms with Crippen LogP contribution in [0.3, 0.4) is 0 Å². The highest BCUT2D eigenvalue weighted by Crippen LogP contribution is 2.41. The van der Waals surface area contributed by atoms with Crippen LogP contribution < -0.4 is 5.32 Å². The van der Waals surface area contributed by atoms with Crippen molar-refractivity contribution >= 4 is 40.0 Å². The number of aromatic nitrogens is 3. The number of hydrogen-bond donors (Lipinski definition) is 2. The van der Waals surface area contributed by atoms with Crippen LogP contribution in [0.4, 0.5) is 5.00 Å². The molecule has 0 saturated heterocycles. The van der Waals surface area contributed by atoms with E-state index in [1.165, 1.54) is 23.1 Å². The quantitative estimate of drug-likeness (QED) is 0.337. The molecule has 4 rings (SSSR count). The Hall–Kier alpha value is -2.65. The second-order valence-corrected chi connectivity index (χ2v) is 10.3. The Kier molecular flexibility index (Phi) is 7.49. The van der Waals surface area contributed by atoms with Gasteiger partial charge in [-0.1, -0.05) is 55.9 Å². The monoisotopic (exact) mass is 484 g/mol. The van der Waals surface area contributed by atoms with Crippen LogP contribution in [-0.2, 0) is 28.8 Å². The maximum absolute atomic E-state index is 13.6. The average molecular weight is 485 g/mol. The number of esters is 1. The molecule has 0 saturated carbocycles. The Morgan fingerprint density at radius 2 is 2.09 bits per heavy atom. The molecule has 174 valence electrons. The average Bonchev–Trinajstić information content (AvgIpc) is 3.41. The van der Waals surface area contributed by atoms with Crippen LogP contribution in [0.25, 0.3) is 0 Å². The number of aromatic amines is 1. The molecule has 0 bridgehead atoms. The number of carbonyl (C=O) groups is 2. The van der Waals surface area contributed by atoms with Crippen molar-refractivity contribution in [3.8, 4) is 0 Å². The van der Waals surface area contributed by atoms with Crippen LogP contribution in [0.2, 0.25) is 0 Å². The van der Waals surface area contributed by atoms with Gasteiger partial charge in [0.25, 0.3) is 0 Å². The fraction of sp³-hybridized carbons (Fsp3) is 0.417. The summed E-state index contributed by atoms with van der Waals surface area (Å²) in [5, 5.41) is 10.7. The predicted molar refractivity (Wildman–Crippen MR) is 131 cm³/mol. The molecule has 1 amide bonds. The molecule has 1 aliphatic rings. The SMILES string of the molecule is CCOC(=O)c1c(NC(=O)C(Sc2n[nH]c(CC)n2)c2ccccc2)sc2c1CCC(C)C2. The molecule has 0 spiro atoms. The number of amides is 1. The number of ether oxygens (including phenoxy) is 1. The molecule has 2 atom stereocenters. The highest BCUT2D eigenvalue weighted by Gasteiger charge is 2.31. The summed E-state index contributed by atoms with van der Waals surface area (Å²) < 4.78 is 5.34. The summed E-state index contributed by atoms with van der Waals surface area (Å²) in [6.45, 7) is 6.29. The first-order chi connectivity index (χ1) is 16.0. The van der Waals surface area contributed by atoms with Crippen molar-refractivity contribution in [2.75, 3.05) is 11.9 Å². The minimum absolute atomic E-state index is 0.216. The van der Waals surface area contributed by atoms with E-state index in [0.717, 1.165) is 47.5 Å². The summed E-state index contributed by atoms with van der Waals surface area (Å²) in [6.07, 6.45) is 3.50. The Bertz CT molecular complexity index is 1130. The molecule has 2 aromatic heterocycles. The highest BCUT2D eigenvalue weighted by atomic mass is 32.2. The van der Waals surface area contributed by atoms with E-state index in [4.69, 9.17) is 4.74 Å². The van der Waals surface area contributed by atoms with Gasteiger partial charge in [-0.05, 0) is 43.2 Å². The Morgan fingerprint density at radius 3 is 2.79 bits per heavy atom. The van der Waals surface area contributed by atoms with Gasteiger partial charge >= 0.3 is 5.97 Å². The number of thiophene rings is 1. The van der Waals surface area contributed by atoms with Gasteiger partial charge in [-0.25, -0.2) is 9.78 Å². The minimum atomic E-state index is -0.570. The van der Waals surface area contributed by atoms with E-state index < -0.39 is 5.25 Å². The molecule has 0 radical (unpaired) electrons. The molecule has 33 heavy (non-hydrogen) atoms. The first-order valence-corrected chi connectivity index (χ1v) is 12.9. The number of benzene rings is 1. The van der Waals surface area contributed by atoms with Gasteiger partial charge in [-0.2, -0.15) is 0 Å². The standard InChI is InChI=1S/C24H28N4O3S2/c1-4-18-25-24(28-27-18)33-20(15-9-7-6-8-10-15)21(29)26-22-19(23(30)31-5-2)16-12-11-14(3)13-17(16)32-22/h6-10,14,20H,4-5,11-13H2,1-3H3,(H,26,29)(H,25,27,28). The summed E-state index contributed by atoms with van der Waals surface area (Å²) in [6, 6.07) is 9.55. The van der Waals surface area contributed by atoms with Gasteiger partial charge in [0.05, 0.1) is 12.2 Å². The fourth-order valence-corrected chi connectivity index (χ4v) is 6.26. The van der Waals surface area contributed by atoms with Crippen LogP contribution in [-0.4, -0.2) is 33.7 Å². The number of aryl methyl sites for hydroxylation is 1. The topological polar surface area (TPSA) is 97.0 Å². The summed E-state index contributed by atoms with van der Waals surface area (Å²) in [7, 11) is 0. The zero-order chi connectivity index (χ0) is 23.4. The zero-order valence-corrected chi connectivity index (χ0v) is 20.6. The van der Waals surface area contributed by atoms with E-state index in [-0.39, 0.29) is 11.9 Å². The van der Waals surface area contributed by atoms with Crippen LogP contribution in [0.1, 0.15) is 64.6 Å². The van der Waals surface area contributed by atoms with Gasteiger partial charge in [-0.3, -0.25) is 9.89 Å². The normalized spacial score (nSPS) is 16.2. The largest absolute Gasteiger partial charge is 0.462 e. The lowest BCUT2D eigenvalue weighted by Crippen LogP contribution is -2.21. The van der Waals surface area contributed by atoms with Crippen molar-refractivity contribution in [2.45, 2.75) is 56.9 Å². The van der Waals surface area contributed by atoms with Crippen LogP contribution >= 0.6 is 23.1 Å². The smallest absolute Gasteiger partial charge is 0.341 e. The van der Waals surface area contributed by atoms with Crippen LogP contribution in [0, 0.1) is 5.92 Å². The number of hydrogen-bond acceptors (Lipinski definition) is 7. The van der Waals surface area contributed by atoms with E-state index in [9.17, 15) is 9.59 Å². The molecule has 2 unspecified atom stereocenters. The number of nitrogens with zero attached hydrogens (tertiary/aromatic N) is 2. The zero-order valence-electron chi connectivity index (χ0n) is 19.0. The number of fused-ring (bicyclic) bond motifs is 1. The molecule has 1 aromatic carbocycles. The third kappa shape index (κ3) is 5.30. The predicted octanol–water partition coefficient (Wildman–Crippen LogP) is 5.20. The van der Waals surface area contributed by atoms with E-state index in [1.807, 2.05) is 37.3 Å². The second-order valence-electron chi connectivity index (χ2n) is 8.09. The summed E-state index contributed by atoms with van der Waals surface area (Å²) in [5.74, 6) is 0.742. The lowest BCUT2D eigenvalue weighted by atomic mass is 9.88. The van der Waals surface area contributed by atoms with Crippen LogP contribution in [0.5, 0.6) is 0 Å². The number of nitrogens with one attached hydrogen (secondary N) is 2. The molecule has 7 nitrogen and oxygen atoms in total. The number of H-pyrrole nitrogens is 1. The van der Waals surface area contributed by atoms with Crippen molar-refractivity contribution in [3.05, 3.63) is 57.7 Å². The molecule has 0 fully saturated rings. The van der Waals surface area contributed by atoms with Gasteiger partial charge < -0.3 is 10.1 Å². The van der Waals surface area contributed by atoms with Gasteiger partial charge in [0.1, 0.15) is 16.1 Å². The molecular formula is C24H28N4O3S2. The van der Waals surface area contributed by atoms with Gasteiger partial charge in [0, 0.05) is 11.3 Å². The van der Waals surface area contributed by atoms with E-state index in [0.29, 0.717) is 28.2 Å². The van der Waals surface area contributed by atoms with Crippen molar-refractivity contribution in [2.24, 2.45) is 5.92 Å². The van der Waals surface area contributed by atoms with Gasteiger partial charge in [0.15, 0.2) is 0 Å². The fourth-order valence-electron chi connectivity index (χ4n) is 3.93. The first kappa shape index (κ1) is 23.5. The number of anilines is 1. The van der Waals surface area contributed by atoms with Gasteiger partial charge in [-0.15, -0.1) is 16.4 Å². The maximum atomic E-state index is 13.6. The van der Waals surface area contributed by atoms with Gasteiger partial charge in [0.2, 0.25) is 11.1 Å². The maximum Gasteiger partial charge on any atom is 0.341 e. The van der Waals surface area contributed by atoms with E-state index >= 15 is 0 Å². The lowest BCUT2D eigenvalue weighted by molar-refractivity contribution is -0.115. The minimum Gasteiger partial charge on any atom is -0.462 e. The Balaban J connectivity index is 1.65.